The lowest BCUT2D eigenvalue weighted by Gasteiger charge is -2.36. The van der Waals surface area contributed by atoms with Gasteiger partial charge in [-0.3, -0.25) is 0 Å². The molecule has 18 heavy (non-hydrogen) atoms. The number of methoxy groups -OCH3 is 1. The van der Waals surface area contributed by atoms with Gasteiger partial charge in [-0.25, -0.2) is 0 Å². The summed E-state index contributed by atoms with van der Waals surface area (Å²) >= 11 is 0. The van der Waals surface area contributed by atoms with Crippen LogP contribution < -0.4 is 5.32 Å². The molecule has 0 aliphatic heterocycles. The van der Waals surface area contributed by atoms with Gasteiger partial charge in [0.1, 0.15) is 5.60 Å². The quantitative estimate of drug-likeness (QED) is 0.891. The average Bonchev–Trinajstić information content (AvgIpc) is 3.04. The summed E-state index contributed by atoms with van der Waals surface area (Å²) in [5, 5.41) is 7.36. The molecule has 0 spiro atoms. The van der Waals surface area contributed by atoms with Crippen molar-refractivity contribution < 1.29 is 9.26 Å². The van der Waals surface area contributed by atoms with E-state index in [2.05, 4.69) is 22.4 Å². The third-order valence-corrected chi connectivity index (χ3v) is 4.08. The highest BCUT2D eigenvalue weighted by Crippen LogP contribution is 2.41. The fourth-order valence-corrected chi connectivity index (χ4v) is 2.85. The minimum atomic E-state index is -0.343. The molecule has 3 rings (SSSR count). The topological polar surface area (TPSA) is 60.2 Å². The molecular weight excluding hydrogens is 230 g/mol. The molecule has 5 nitrogen and oxygen atoms in total. The Balaban J connectivity index is 1.78. The van der Waals surface area contributed by atoms with E-state index in [1.54, 1.807) is 7.11 Å². The summed E-state index contributed by atoms with van der Waals surface area (Å²) < 4.78 is 11.0. The predicted molar refractivity (Wildman–Crippen MR) is 67.3 cm³/mol. The Labute approximate surface area is 107 Å². The van der Waals surface area contributed by atoms with Crippen LogP contribution >= 0.6 is 0 Å². The SMILES string of the molecule is COC1(c2noc(NC3CC3)n2)CCCC(C)C1. The maximum absolute atomic E-state index is 5.76. The van der Waals surface area contributed by atoms with Gasteiger partial charge in [-0.2, -0.15) is 4.98 Å². The number of aromatic nitrogens is 2. The molecule has 1 aromatic rings. The minimum Gasteiger partial charge on any atom is -0.370 e. The van der Waals surface area contributed by atoms with Crippen LogP contribution in [-0.2, 0) is 10.3 Å². The molecule has 0 radical (unpaired) electrons. The molecule has 2 atom stereocenters. The van der Waals surface area contributed by atoms with E-state index >= 15 is 0 Å². The van der Waals surface area contributed by atoms with Crippen LogP contribution in [0.3, 0.4) is 0 Å². The summed E-state index contributed by atoms with van der Waals surface area (Å²) in [6.45, 7) is 2.26. The zero-order valence-corrected chi connectivity index (χ0v) is 11.1. The van der Waals surface area contributed by atoms with Crippen LogP contribution in [0.15, 0.2) is 4.52 Å². The lowest BCUT2D eigenvalue weighted by molar-refractivity contribution is -0.0658. The molecule has 0 bridgehead atoms. The second-order valence-corrected chi connectivity index (χ2v) is 5.74. The zero-order chi connectivity index (χ0) is 12.6. The molecule has 100 valence electrons. The van der Waals surface area contributed by atoms with Crippen molar-refractivity contribution in [3.63, 3.8) is 0 Å². The van der Waals surface area contributed by atoms with Crippen molar-refractivity contribution in [1.82, 2.24) is 10.1 Å². The van der Waals surface area contributed by atoms with E-state index in [1.807, 2.05) is 0 Å². The summed E-state index contributed by atoms with van der Waals surface area (Å²) in [6, 6.07) is 1.07. The monoisotopic (exact) mass is 251 g/mol. The minimum absolute atomic E-state index is 0.343. The molecule has 2 aliphatic carbocycles. The summed E-state index contributed by atoms with van der Waals surface area (Å²) in [7, 11) is 1.75. The van der Waals surface area contributed by atoms with E-state index in [1.165, 1.54) is 19.3 Å². The number of nitrogens with one attached hydrogen (secondary N) is 1. The fraction of sp³-hybridized carbons (Fsp3) is 0.846. The summed E-state index contributed by atoms with van der Waals surface area (Å²) in [4.78, 5) is 4.48. The number of ether oxygens (including phenoxy) is 1. The van der Waals surface area contributed by atoms with E-state index in [0.717, 1.165) is 19.3 Å². The van der Waals surface area contributed by atoms with Crippen LogP contribution in [0.5, 0.6) is 0 Å². The molecule has 1 aromatic heterocycles. The first-order valence-corrected chi connectivity index (χ1v) is 6.88. The Morgan fingerprint density at radius 2 is 2.22 bits per heavy atom. The number of rotatable bonds is 4. The third-order valence-electron chi connectivity index (χ3n) is 4.08. The molecule has 5 heteroatoms. The number of anilines is 1. The predicted octanol–water partition coefficient (Wildman–Crippen LogP) is 2.70. The largest absolute Gasteiger partial charge is 0.370 e. The fourth-order valence-electron chi connectivity index (χ4n) is 2.85. The number of nitrogens with zero attached hydrogens (tertiary/aromatic N) is 2. The third kappa shape index (κ3) is 2.23. The van der Waals surface area contributed by atoms with Crippen LogP contribution in [0.2, 0.25) is 0 Å². The van der Waals surface area contributed by atoms with E-state index in [9.17, 15) is 0 Å². The molecule has 2 aliphatic rings. The van der Waals surface area contributed by atoms with E-state index in [0.29, 0.717) is 23.8 Å². The first kappa shape index (κ1) is 12.0. The van der Waals surface area contributed by atoms with Gasteiger partial charge in [0.05, 0.1) is 0 Å². The summed E-state index contributed by atoms with van der Waals surface area (Å²) in [5.74, 6) is 1.36. The number of hydrogen-bond acceptors (Lipinski definition) is 5. The van der Waals surface area contributed by atoms with Gasteiger partial charge in [0.2, 0.25) is 5.82 Å². The highest BCUT2D eigenvalue weighted by molar-refractivity contribution is 5.25. The lowest BCUT2D eigenvalue weighted by atomic mass is 9.78. The van der Waals surface area contributed by atoms with Gasteiger partial charge < -0.3 is 14.6 Å². The molecule has 2 fully saturated rings. The van der Waals surface area contributed by atoms with Crippen LogP contribution in [0.1, 0.15) is 51.3 Å². The standard InChI is InChI=1S/C13H21N3O2/c1-9-4-3-7-13(8-9,17-2)11-15-12(18-16-11)14-10-5-6-10/h9-10H,3-8H2,1-2H3,(H,14,15,16). The van der Waals surface area contributed by atoms with Crippen LogP contribution in [0, 0.1) is 5.92 Å². The molecule has 2 unspecified atom stereocenters. The zero-order valence-electron chi connectivity index (χ0n) is 11.1. The van der Waals surface area contributed by atoms with Crippen molar-refractivity contribution in [2.75, 3.05) is 12.4 Å². The second kappa shape index (κ2) is 4.53. The molecule has 1 heterocycles. The van der Waals surface area contributed by atoms with Crippen LogP contribution in [-0.4, -0.2) is 23.3 Å². The van der Waals surface area contributed by atoms with Crippen molar-refractivity contribution in [3.8, 4) is 0 Å². The highest BCUT2D eigenvalue weighted by Gasteiger charge is 2.41. The van der Waals surface area contributed by atoms with Crippen molar-refractivity contribution in [3.05, 3.63) is 5.82 Å². The summed E-state index contributed by atoms with van der Waals surface area (Å²) in [5.41, 5.74) is -0.343. The highest BCUT2D eigenvalue weighted by atomic mass is 16.5. The molecule has 1 N–H and O–H groups in total. The van der Waals surface area contributed by atoms with Gasteiger partial charge >= 0.3 is 6.01 Å². The maximum Gasteiger partial charge on any atom is 0.321 e. The Kier molecular flexibility index (Phi) is 3.01. The van der Waals surface area contributed by atoms with Crippen molar-refractivity contribution in [2.45, 2.75) is 57.1 Å². The van der Waals surface area contributed by atoms with Gasteiger partial charge in [-0.1, -0.05) is 18.5 Å². The van der Waals surface area contributed by atoms with Crippen molar-refractivity contribution in [2.24, 2.45) is 5.92 Å². The van der Waals surface area contributed by atoms with Gasteiger partial charge in [-0.15, -0.1) is 0 Å². The van der Waals surface area contributed by atoms with Gasteiger partial charge in [-0.05, 0) is 38.0 Å². The van der Waals surface area contributed by atoms with E-state index < -0.39 is 0 Å². The average molecular weight is 251 g/mol. The van der Waals surface area contributed by atoms with Crippen LogP contribution in [0.4, 0.5) is 6.01 Å². The Morgan fingerprint density at radius 3 is 2.89 bits per heavy atom. The van der Waals surface area contributed by atoms with E-state index in [4.69, 9.17) is 9.26 Å². The lowest BCUT2D eigenvalue weighted by Crippen LogP contribution is -2.35. The molecule has 0 saturated heterocycles. The maximum atomic E-state index is 5.76. The van der Waals surface area contributed by atoms with Gasteiger partial charge in [0.25, 0.3) is 0 Å². The Bertz CT molecular complexity index is 416. The first-order valence-electron chi connectivity index (χ1n) is 6.88. The van der Waals surface area contributed by atoms with Crippen molar-refractivity contribution in [1.29, 1.82) is 0 Å². The Morgan fingerprint density at radius 1 is 1.39 bits per heavy atom. The summed E-state index contributed by atoms with van der Waals surface area (Å²) in [6.07, 6.45) is 6.78. The van der Waals surface area contributed by atoms with E-state index in [-0.39, 0.29) is 5.60 Å². The molecule has 0 amide bonds. The molecule has 0 aromatic carbocycles. The molecular formula is C13H21N3O2. The van der Waals surface area contributed by atoms with Gasteiger partial charge in [0.15, 0.2) is 0 Å². The number of hydrogen-bond donors (Lipinski definition) is 1. The van der Waals surface area contributed by atoms with Gasteiger partial charge in [0, 0.05) is 13.2 Å². The smallest absolute Gasteiger partial charge is 0.321 e. The van der Waals surface area contributed by atoms with Crippen molar-refractivity contribution >= 4 is 6.01 Å². The normalized spacial score (nSPS) is 32.4. The second-order valence-electron chi connectivity index (χ2n) is 5.74. The molecule has 2 saturated carbocycles. The van der Waals surface area contributed by atoms with Crippen LogP contribution in [0.25, 0.3) is 0 Å². The first-order chi connectivity index (χ1) is 8.72. The Hall–Kier alpha value is -1.10.